The highest BCUT2D eigenvalue weighted by molar-refractivity contribution is 5.96. The lowest BCUT2D eigenvalue weighted by atomic mass is 10.0. The predicted octanol–water partition coefficient (Wildman–Crippen LogP) is 1.39. The molecular formula is C20H22N4O4. The first-order valence-electron chi connectivity index (χ1n) is 9.38. The number of carbonyl (C=O) groups excluding carboxylic acids is 2. The minimum Gasteiger partial charge on any atom is -0.347 e. The predicted molar refractivity (Wildman–Crippen MR) is 99.4 cm³/mol. The number of piperidine rings is 1. The van der Waals surface area contributed by atoms with Crippen molar-refractivity contribution in [2.24, 2.45) is 0 Å². The van der Waals surface area contributed by atoms with Crippen molar-refractivity contribution in [1.29, 1.82) is 0 Å². The standard InChI is InChI=1S/C20H22N4O4/c25-18(22-14-15-4-1-2-9-21-15)16-5-3-6-17(23-16)19(26)24-10-7-20(8-11-24)27-12-13-28-20/h1-6,9H,7-8,10-14H2,(H,22,25). The van der Waals surface area contributed by atoms with E-state index >= 15 is 0 Å². The van der Waals surface area contributed by atoms with E-state index in [0.717, 1.165) is 5.69 Å². The van der Waals surface area contributed by atoms with Crippen molar-refractivity contribution in [3.05, 3.63) is 59.7 Å². The van der Waals surface area contributed by atoms with E-state index in [-0.39, 0.29) is 23.2 Å². The minimum absolute atomic E-state index is 0.188. The number of ether oxygens (including phenoxy) is 2. The molecule has 4 rings (SSSR count). The van der Waals surface area contributed by atoms with Gasteiger partial charge in [0, 0.05) is 32.1 Å². The summed E-state index contributed by atoms with van der Waals surface area (Å²) in [6, 6.07) is 10.4. The zero-order valence-corrected chi connectivity index (χ0v) is 15.5. The molecule has 2 saturated heterocycles. The monoisotopic (exact) mass is 382 g/mol. The van der Waals surface area contributed by atoms with Gasteiger partial charge in [-0.25, -0.2) is 4.98 Å². The van der Waals surface area contributed by atoms with E-state index in [1.807, 2.05) is 18.2 Å². The van der Waals surface area contributed by atoms with Crippen LogP contribution in [-0.2, 0) is 16.0 Å². The molecule has 1 spiro atoms. The van der Waals surface area contributed by atoms with Crippen LogP contribution in [0, 0.1) is 0 Å². The van der Waals surface area contributed by atoms with Crippen molar-refractivity contribution in [3.63, 3.8) is 0 Å². The van der Waals surface area contributed by atoms with Gasteiger partial charge in [-0.1, -0.05) is 12.1 Å². The van der Waals surface area contributed by atoms with Crippen LogP contribution in [0.25, 0.3) is 0 Å². The van der Waals surface area contributed by atoms with E-state index in [9.17, 15) is 9.59 Å². The molecular weight excluding hydrogens is 360 g/mol. The molecule has 1 N–H and O–H groups in total. The van der Waals surface area contributed by atoms with Crippen LogP contribution in [0.2, 0.25) is 0 Å². The molecule has 28 heavy (non-hydrogen) atoms. The molecule has 2 aliphatic heterocycles. The second kappa shape index (κ2) is 8.04. The van der Waals surface area contributed by atoms with E-state index in [2.05, 4.69) is 15.3 Å². The Labute approximate surface area is 162 Å². The van der Waals surface area contributed by atoms with Crippen molar-refractivity contribution < 1.29 is 19.1 Å². The van der Waals surface area contributed by atoms with Crippen molar-refractivity contribution >= 4 is 11.8 Å². The zero-order valence-electron chi connectivity index (χ0n) is 15.5. The van der Waals surface area contributed by atoms with E-state index in [0.29, 0.717) is 45.7 Å². The van der Waals surface area contributed by atoms with Gasteiger partial charge < -0.3 is 19.7 Å². The normalized spacial score (nSPS) is 18.2. The number of hydrogen-bond acceptors (Lipinski definition) is 6. The summed E-state index contributed by atoms with van der Waals surface area (Å²) in [5, 5.41) is 2.77. The molecule has 0 saturated carbocycles. The van der Waals surface area contributed by atoms with Gasteiger partial charge in [0.05, 0.1) is 25.5 Å². The van der Waals surface area contributed by atoms with Gasteiger partial charge in [-0.3, -0.25) is 14.6 Å². The first kappa shape index (κ1) is 18.5. The number of aromatic nitrogens is 2. The Balaban J connectivity index is 1.37. The number of pyridine rings is 2. The van der Waals surface area contributed by atoms with Crippen LogP contribution in [0.1, 0.15) is 39.5 Å². The van der Waals surface area contributed by atoms with Crippen molar-refractivity contribution in [2.75, 3.05) is 26.3 Å². The van der Waals surface area contributed by atoms with Gasteiger partial charge in [0.2, 0.25) is 0 Å². The summed E-state index contributed by atoms with van der Waals surface area (Å²) >= 11 is 0. The van der Waals surface area contributed by atoms with Gasteiger partial charge in [0.1, 0.15) is 11.4 Å². The van der Waals surface area contributed by atoms with Crippen molar-refractivity contribution in [2.45, 2.75) is 25.2 Å². The zero-order chi connectivity index (χ0) is 19.4. The van der Waals surface area contributed by atoms with E-state index in [1.54, 1.807) is 29.3 Å². The summed E-state index contributed by atoms with van der Waals surface area (Å²) in [5.41, 5.74) is 1.22. The lowest BCUT2D eigenvalue weighted by Gasteiger charge is -2.37. The molecule has 2 aromatic heterocycles. The Morgan fingerprint density at radius 3 is 2.50 bits per heavy atom. The van der Waals surface area contributed by atoms with Crippen molar-refractivity contribution in [3.8, 4) is 0 Å². The van der Waals surface area contributed by atoms with Crippen LogP contribution in [-0.4, -0.2) is 58.8 Å². The molecule has 8 nitrogen and oxygen atoms in total. The lowest BCUT2D eigenvalue weighted by Crippen LogP contribution is -2.47. The first-order valence-corrected chi connectivity index (χ1v) is 9.38. The number of nitrogens with zero attached hydrogens (tertiary/aromatic N) is 3. The van der Waals surface area contributed by atoms with Crippen LogP contribution in [0.15, 0.2) is 42.6 Å². The number of likely N-dealkylation sites (tertiary alicyclic amines) is 1. The third-order valence-corrected chi connectivity index (χ3v) is 4.98. The van der Waals surface area contributed by atoms with Crippen LogP contribution >= 0.6 is 0 Å². The molecule has 2 fully saturated rings. The first-order chi connectivity index (χ1) is 13.7. The second-order valence-electron chi connectivity index (χ2n) is 6.81. The fourth-order valence-corrected chi connectivity index (χ4v) is 3.44. The second-order valence-corrected chi connectivity index (χ2v) is 6.81. The smallest absolute Gasteiger partial charge is 0.272 e. The molecule has 2 amide bonds. The van der Waals surface area contributed by atoms with Gasteiger partial charge >= 0.3 is 0 Å². The number of hydrogen-bond donors (Lipinski definition) is 1. The number of amides is 2. The third-order valence-electron chi connectivity index (χ3n) is 4.98. The average Bonchev–Trinajstić information content (AvgIpc) is 3.21. The van der Waals surface area contributed by atoms with Crippen LogP contribution < -0.4 is 5.32 Å². The molecule has 0 atom stereocenters. The molecule has 0 unspecified atom stereocenters. The average molecular weight is 382 g/mol. The molecule has 4 heterocycles. The van der Waals surface area contributed by atoms with E-state index in [1.165, 1.54) is 0 Å². The molecule has 0 radical (unpaired) electrons. The van der Waals surface area contributed by atoms with Gasteiger partial charge in [0.15, 0.2) is 5.79 Å². The maximum absolute atomic E-state index is 12.8. The van der Waals surface area contributed by atoms with Gasteiger partial charge in [-0.2, -0.15) is 0 Å². The topological polar surface area (TPSA) is 93.7 Å². The Hall–Kier alpha value is -2.84. The maximum Gasteiger partial charge on any atom is 0.272 e. The largest absolute Gasteiger partial charge is 0.347 e. The van der Waals surface area contributed by atoms with E-state index in [4.69, 9.17) is 9.47 Å². The molecule has 0 bridgehead atoms. The third kappa shape index (κ3) is 4.02. The quantitative estimate of drug-likeness (QED) is 0.859. The molecule has 0 aromatic carbocycles. The molecule has 146 valence electrons. The highest BCUT2D eigenvalue weighted by atomic mass is 16.7. The number of nitrogens with one attached hydrogen (secondary N) is 1. The van der Waals surface area contributed by atoms with Gasteiger partial charge in [0.25, 0.3) is 11.8 Å². The van der Waals surface area contributed by atoms with E-state index < -0.39 is 5.79 Å². The molecule has 0 aliphatic carbocycles. The maximum atomic E-state index is 12.8. The minimum atomic E-state index is -0.530. The van der Waals surface area contributed by atoms with Gasteiger partial charge in [-0.15, -0.1) is 0 Å². The molecule has 2 aliphatic rings. The summed E-state index contributed by atoms with van der Waals surface area (Å²) in [7, 11) is 0. The number of carbonyl (C=O) groups is 2. The summed E-state index contributed by atoms with van der Waals surface area (Å²) < 4.78 is 11.4. The highest BCUT2D eigenvalue weighted by Gasteiger charge is 2.41. The fraction of sp³-hybridized carbons (Fsp3) is 0.400. The van der Waals surface area contributed by atoms with Gasteiger partial charge in [-0.05, 0) is 24.3 Å². The van der Waals surface area contributed by atoms with Crippen molar-refractivity contribution in [1.82, 2.24) is 20.2 Å². The van der Waals surface area contributed by atoms with Crippen LogP contribution in [0.4, 0.5) is 0 Å². The Bertz CT molecular complexity index is 842. The Kier molecular flexibility index (Phi) is 5.31. The summed E-state index contributed by atoms with van der Waals surface area (Å²) in [6.07, 6.45) is 2.95. The highest BCUT2D eigenvalue weighted by Crippen LogP contribution is 2.31. The summed E-state index contributed by atoms with van der Waals surface area (Å²) in [4.78, 5) is 35.3. The fourth-order valence-electron chi connectivity index (χ4n) is 3.44. The summed E-state index contributed by atoms with van der Waals surface area (Å²) in [6.45, 7) is 2.58. The SMILES string of the molecule is O=C(NCc1ccccn1)c1cccc(C(=O)N2CCC3(CC2)OCCO3)n1. The van der Waals surface area contributed by atoms with Crippen LogP contribution in [0.5, 0.6) is 0 Å². The Morgan fingerprint density at radius 1 is 1.04 bits per heavy atom. The Morgan fingerprint density at radius 2 is 1.79 bits per heavy atom. The number of rotatable bonds is 4. The lowest BCUT2D eigenvalue weighted by molar-refractivity contribution is -0.181. The summed E-state index contributed by atoms with van der Waals surface area (Å²) in [5.74, 6) is -1.06. The molecule has 2 aromatic rings. The van der Waals surface area contributed by atoms with Crippen LogP contribution in [0.3, 0.4) is 0 Å². The molecule has 8 heteroatoms.